The lowest BCUT2D eigenvalue weighted by molar-refractivity contribution is 0.446. The quantitative estimate of drug-likeness (QED) is 0.159. The average Bonchev–Trinajstić information content (AvgIpc) is 3.21. The molecular weight excluding hydrogens is 639 g/mol. The monoisotopic (exact) mass is 671 g/mol. The van der Waals surface area contributed by atoms with Crippen molar-refractivity contribution in [2.75, 3.05) is 4.90 Å². The number of hydrogen-bond acceptors (Lipinski definition) is 4. The van der Waals surface area contributed by atoms with E-state index < -0.39 is 8.07 Å². The number of aromatic nitrogens is 2. The zero-order valence-corrected chi connectivity index (χ0v) is 28.8. The summed E-state index contributed by atoms with van der Waals surface area (Å²) in [5.41, 5.74) is 7.15. The molecule has 3 heterocycles. The molecule has 51 heavy (non-hydrogen) atoms. The van der Waals surface area contributed by atoms with E-state index in [1.165, 1.54) is 26.4 Å². The van der Waals surface area contributed by atoms with Gasteiger partial charge in [0.15, 0.2) is 8.07 Å². The number of pyridine rings is 2. The number of fused-ring (bicyclic) bond motifs is 2. The predicted octanol–water partition coefficient (Wildman–Crippen LogP) is 8.76. The highest BCUT2D eigenvalue weighted by Crippen LogP contribution is 2.43. The van der Waals surface area contributed by atoms with Gasteiger partial charge < -0.3 is 9.64 Å². The van der Waals surface area contributed by atoms with Crippen LogP contribution < -0.4 is 30.4 Å². The molecule has 0 aliphatic carbocycles. The smallest absolute Gasteiger partial charge is 0.221 e. The zero-order valence-electron chi connectivity index (χ0n) is 27.8. The van der Waals surface area contributed by atoms with Crippen molar-refractivity contribution in [3.63, 3.8) is 0 Å². The second-order valence-corrected chi connectivity index (χ2v) is 16.3. The Morgan fingerprint density at radius 2 is 0.922 bits per heavy atom. The van der Waals surface area contributed by atoms with Gasteiger partial charge in [-0.15, -0.1) is 0 Å². The molecule has 0 atom stereocenters. The molecule has 0 amide bonds. The molecule has 8 aromatic rings. The molecule has 0 saturated heterocycles. The molecule has 9 rings (SSSR count). The van der Waals surface area contributed by atoms with Crippen LogP contribution in [0.15, 0.2) is 200 Å². The molecule has 6 aromatic carbocycles. The fourth-order valence-electron chi connectivity index (χ4n) is 7.53. The van der Waals surface area contributed by atoms with Crippen LogP contribution in [-0.4, -0.2) is 18.0 Å². The summed E-state index contributed by atoms with van der Waals surface area (Å²) >= 11 is 0. The average molecular weight is 672 g/mol. The Balaban J connectivity index is 1.27. The van der Waals surface area contributed by atoms with E-state index in [0.29, 0.717) is 11.8 Å². The maximum absolute atomic E-state index is 6.37. The number of hydrogen-bond donors (Lipinski definition) is 0. The Bertz CT molecular complexity index is 2420. The van der Waals surface area contributed by atoms with Crippen LogP contribution in [0, 0.1) is 0 Å². The maximum atomic E-state index is 6.37. The third kappa shape index (κ3) is 5.32. The summed E-state index contributed by atoms with van der Waals surface area (Å²) in [5.74, 6) is 0.982. The third-order valence-corrected chi connectivity index (χ3v) is 14.5. The van der Waals surface area contributed by atoms with Crippen molar-refractivity contribution in [3.05, 3.63) is 200 Å². The van der Waals surface area contributed by atoms with E-state index in [0.717, 1.165) is 33.9 Å². The topological polar surface area (TPSA) is 38.2 Å². The van der Waals surface area contributed by atoms with E-state index in [4.69, 9.17) is 14.7 Å². The van der Waals surface area contributed by atoms with E-state index in [1.807, 2.05) is 48.5 Å². The van der Waals surface area contributed by atoms with Crippen molar-refractivity contribution in [1.29, 1.82) is 0 Å². The van der Waals surface area contributed by atoms with Gasteiger partial charge in [0.25, 0.3) is 0 Å². The van der Waals surface area contributed by atoms with Gasteiger partial charge in [0.1, 0.15) is 0 Å². The van der Waals surface area contributed by atoms with Crippen LogP contribution in [-0.2, 0) is 0 Å². The van der Waals surface area contributed by atoms with Crippen LogP contribution in [0.5, 0.6) is 11.8 Å². The van der Waals surface area contributed by atoms with E-state index >= 15 is 0 Å². The Morgan fingerprint density at radius 1 is 0.412 bits per heavy atom. The summed E-state index contributed by atoms with van der Waals surface area (Å²) in [5, 5.41) is 5.34. The lowest BCUT2D eigenvalue weighted by Crippen LogP contribution is -2.77. The lowest BCUT2D eigenvalue weighted by atomic mass is 10.1. The number of nitrogens with zero attached hydrogens (tertiary/aromatic N) is 3. The molecule has 1 aliphatic rings. The van der Waals surface area contributed by atoms with Crippen LogP contribution in [0.1, 0.15) is 0 Å². The third-order valence-electron chi connectivity index (χ3n) is 9.64. The lowest BCUT2D eigenvalue weighted by Gasteiger charge is -2.45. The van der Waals surface area contributed by atoms with Gasteiger partial charge in [0.2, 0.25) is 11.8 Å². The second kappa shape index (κ2) is 13.0. The van der Waals surface area contributed by atoms with Gasteiger partial charge in [-0.2, -0.15) is 0 Å². The van der Waals surface area contributed by atoms with Gasteiger partial charge in [-0.05, 0) is 51.1 Å². The van der Waals surface area contributed by atoms with Crippen LogP contribution in [0.25, 0.3) is 22.5 Å². The summed E-state index contributed by atoms with van der Waals surface area (Å²) in [6.07, 6.45) is 0. The molecule has 0 spiro atoms. The summed E-state index contributed by atoms with van der Waals surface area (Å²) in [7, 11) is -2.84. The maximum Gasteiger partial charge on any atom is 0.221 e. The van der Waals surface area contributed by atoms with Gasteiger partial charge in [-0.1, -0.05) is 158 Å². The van der Waals surface area contributed by atoms with Crippen LogP contribution in [0.4, 0.5) is 17.1 Å². The van der Waals surface area contributed by atoms with Crippen molar-refractivity contribution < 1.29 is 4.74 Å². The van der Waals surface area contributed by atoms with Gasteiger partial charge in [0, 0.05) is 34.6 Å². The summed E-state index contributed by atoms with van der Waals surface area (Å²) in [4.78, 5) is 12.4. The van der Waals surface area contributed by atoms with Crippen molar-refractivity contribution >= 4 is 45.9 Å². The minimum atomic E-state index is -2.84. The van der Waals surface area contributed by atoms with Crippen molar-refractivity contribution in [2.45, 2.75) is 0 Å². The van der Waals surface area contributed by atoms with Crippen LogP contribution in [0.2, 0.25) is 0 Å². The summed E-state index contributed by atoms with van der Waals surface area (Å²) in [6.45, 7) is 0. The molecule has 0 radical (unpaired) electrons. The standard InChI is InChI=1S/C46H33N3OSi/c1-5-18-34(19-6-1)39-27-16-32-44(47-39)50-45-33-17-28-40(48-45)38-26-15-31-43-46(38)49(35-20-7-2-8-21-35)41-29-13-14-30-42(41)51(43,36-22-9-3-10-23-36)37-24-11-4-12-25-37/h1-33H. The molecule has 4 nitrogen and oxygen atoms in total. The summed E-state index contributed by atoms with van der Waals surface area (Å²) in [6, 6.07) is 70.5. The highest BCUT2D eigenvalue weighted by Gasteiger charge is 2.49. The van der Waals surface area contributed by atoms with Crippen LogP contribution >= 0.6 is 0 Å². The van der Waals surface area contributed by atoms with Gasteiger partial charge in [0.05, 0.1) is 17.1 Å². The van der Waals surface area contributed by atoms with Crippen molar-refractivity contribution in [2.24, 2.45) is 0 Å². The highest BCUT2D eigenvalue weighted by atomic mass is 28.3. The fraction of sp³-hybridized carbons (Fsp3) is 0. The van der Waals surface area contributed by atoms with Crippen molar-refractivity contribution in [1.82, 2.24) is 9.97 Å². The summed E-state index contributed by atoms with van der Waals surface area (Å²) < 4.78 is 6.37. The molecule has 1 aliphatic heterocycles. The molecule has 242 valence electrons. The molecule has 5 heteroatoms. The van der Waals surface area contributed by atoms with Crippen molar-refractivity contribution in [3.8, 4) is 34.3 Å². The predicted molar refractivity (Wildman–Crippen MR) is 211 cm³/mol. The molecule has 2 aromatic heterocycles. The first-order valence-electron chi connectivity index (χ1n) is 17.2. The van der Waals surface area contributed by atoms with Gasteiger partial charge >= 0.3 is 0 Å². The SMILES string of the molecule is c1ccc(-c2cccc(Oc3cccc(-c4cccc5c4N(c4ccccc4)c4ccccc4[Si]5(c4ccccc4)c4ccccc4)n3)n2)cc1. The van der Waals surface area contributed by atoms with Crippen LogP contribution in [0.3, 0.4) is 0 Å². The minimum absolute atomic E-state index is 0.486. The molecule has 0 N–H and O–H groups in total. The highest BCUT2D eigenvalue weighted by molar-refractivity contribution is 7.21. The second-order valence-electron chi connectivity index (χ2n) is 12.6. The first kappa shape index (κ1) is 30.5. The van der Waals surface area contributed by atoms with Gasteiger partial charge in [-0.25, -0.2) is 9.97 Å². The van der Waals surface area contributed by atoms with E-state index in [-0.39, 0.29) is 0 Å². The Kier molecular flexibility index (Phi) is 7.80. The molecule has 0 bridgehead atoms. The number of rotatable bonds is 7. The van der Waals surface area contributed by atoms with E-state index in [2.05, 4.69) is 157 Å². The Labute approximate surface area is 299 Å². The first-order valence-corrected chi connectivity index (χ1v) is 19.2. The van der Waals surface area contributed by atoms with Gasteiger partial charge in [-0.3, -0.25) is 0 Å². The van der Waals surface area contributed by atoms with E-state index in [9.17, 15) is 0 Å². The number of ether oxygens (including phenoxy) is 1. The largest absolute Gasteiger partial charge is 0.421 e. The minimum Gasteiger partial charge on any atom is -0.421 e. The van der Waals surface area contributed by atoms with E-state index in [1.54, 1.807) is 0 Å². The molecular formula is C46H33N3OSi. The number of benzene rings is 6. The Morgan fingerprint density at radius 3 is 1.59 bits per heavy atom. The number of anilines is 3. The molecule has 0 saturated carbocycles. The Hall–Kier alpha value is -6.56. The zero-order chi connectivity index (χ0) is 34.0. The normalized spacial score (nSPS) is 12.8. The molecule has 0 unspecified atom stereocenters. The fourth-order valence-corrected chi connectivity index (χ4v) is 12.7. The number of para-hydroxylation sites is 3. The molecule has 0 fully saturated rings. The first-order chi connectivity index (χ1) is 25.3.